The average Bonchev–Trinajstić information content (AvgIpc) is 2.61. The maximum atomic E-state index is 12.3. The van der Waals surface area contributed by atoms with Gasteiger partial charge in [-0.3, -0.25) is 9.69 Å². The van der Waals surface area contributed by atoms with Gasteiger partial charge < -0.3 is 21.5 Å². The number of hydrogen-bond acceptors (Lipinski definition) is 6. The molecule has 122 valence electrons. The van der Waals surface area contributed by atoms with Gasteiger partial charge in [-0.05, 0) is 19.9 Å². The Morgan fingerprint density at radius 1 is 1.45 bits per heavy atom. The van der Waals surface area contributed by atoms with E-state index >= 15 is 0 Å². The fourth-order valence-electron chi connectivity index (χ4n) is 2.62. The van der Waals surface area contributed by atoms with Crippen molar-refractivity contribution >= 4 is 11.7 Å². The fraction of sp³-hybridized carbons (Fsp3) is 0.600. The Balaban J connectivity index is 2.03. The van der Waals surface area contributed by atoms with E-state index in [0.717, 1.165) is 5.56 Å². The number of β-amino-alcohol motifs (C(OH)–C–C–N with tert-alkyl or cyclic N) is 1. The normalized spacial score (nSPS) is 20.7. The number of hydrogen-bond donors (Lipinski definition) is 3. The molecule has 2 rings (SSSR count). The summed E-state index contributed by atoms with van der Waals surface area (Å²) >= 11 is 0. The molecule has 1 fully saturated rings. The highest BCUT2D eigenvalue weighted by molar-refractivity contribution is 5.85. The molecule has 0 spiro atoms. The van der Waals surface area contributed by atoms with Gasteiger partial charge in [-0.2, -0.15) is 0 Å². The number of pyridine rings is 1. The number of amides is 1. The Morgan fingerprint density at radius 2 is 2.18 bits per heavy atom. The Morgan fingerprint density at radius 3 is 2.82 bits per heavy atom. The number of carbonyl (C=O) groups excluding carboxylic acids is 1. The molecule has 22 heavy (non-hydrogen) atoms. The van der Waals surface area contributed by atoms with E-state index in [1.54, 1.807) is 24.9 Å². The Bertz CT molecular complexity index is 529. The highest BCUT2D eigenvalue weighted by atomic mass is 16.3. The first-order valence-corrected chi connectivity index (χ1v) is 7.45. The van der Waals surface area contributed by atoms with Crippen molar-refractivity contribution in [2.24, 2.45) is 5.73 Å². The summed E-state index contributed by atoms with van der Waals surface area (Å²) in [5.41, 5.74) is 11.7. The van der Waals surface area contributed by atoms with E-state index in [2.05, 4.69) is 9.88 Å². The predicted molar refractivity (Wildman–Crippen MR) is 84.8 cm³/mol. The highest BCUT2D eigenvalue weighted by Gasteiger charge is 2.31. The fourth-order valence-corrected chi connectivity index (χ4v) is 2.62. The van der Waals surface area contributed by atoms with Crippen LogP contribution in [0.25, 0.3) is 0 Å². The number of rotatable bonds is 3. The summed E-state index contributed by atoms with van der Waals surface area (Å²) in [6, 6.07) is 3.76. The lowest BCUT2D eigenvalue weighted by atomic mass is 10.1. The van der Waals surface area contributed by atoms with Gasteiger partial charge in [0, 0.05) is 44.5 Å². The van der Waals surface area contributed by atoms with Crippen LogP contribution in [0.1, 0.15) is 19.4 Å². The molecule has 1 atom stereocenters. The summed E-state index contributed by atoms with van der Waals surface area (Å²) in [6.45, 7) is 5.96. The van der Waals surface area contributed by atoms with Crippen molar-refractivity contribution in [3.8, 4) is 0 Å². The van der Waals surface area contributed by atoms with Crippen molar-refractivity contribution in [3.05, 3.63) is 23.9 Å². The van der Waals surface area contributed by atoms with Crippen molar-refractivity contribution in [1.29, 1.82) is 0 Å². The van der Waals surface area contributed by atoms with Crippen LogP contribution in [0.5, 0.6) is 0 Å². The average molecular weight is 307 g/mol. The number of aliphatic hydroxyl groups is 1. The third-order valence-electron chi connectivity index (χ3n) is 3.74. The number of nitrogens with zero attached hydrogens (tertiary/aromatic N) is 3. The first-order chi connectivity index (χ1) is 10.3. The van der Waals surface area contributed by atoms with Gasteiger partial charge in [0.1, 0.15) is 5.82 Å². The lowest BCUT2D eigenvalue weighted by molar-refractivity contribution is -0.136. The van der Waals surface area contributed by atoms with Gasteiger partial charge in [-0.25, -0.2) is 4.98 Å². The Labute approximate surface area is 130 Å². The van der Waals surface area contributed by atoms with Crippen molar-refractivity contribution in [3.63, 3.8) is 0 Å². The molecule has 0 aromatic carbocycles. The zero-order valence-corrected chi connectivity index (χ0v) is 13.2. The number of nitrogen functional groups attached to an aromatic ring is 1. The van der Waals surface area contributed by atoms with Gasteiger partial charge in [0.25, 0.3) is 0 Å². The van der Waals surface area contributed by atoms with Gasteiger partial charge in [-0.1, -0.05) is 6.07 Å². The van der Waals surface area contributed by atoms with Gasteiger partial charge in [0.2, 0.25) is 5.91 Å². The van der Waals surface area contributed by atoms with Gasteiger partial charge in [0.05, 0.1) is 11.6 Å². The number of aromatic nitrogens is 1. The minimum atomic E-state index is -0.928. The van der Waals surface area contributed by atoms with Crippen LogP contribution < -0.4 is 11.5 Å². The van der Waals surface area contributed by atoms with Crippen LogP contribution in [0.4, 0.5) is 5.82 Å². The van der Waals surface area contributed by atoms with E-state index in [4.69, 9.17) is 11.5 Å². The quantitative estimate of drug-likeness (QED) is 0.688. The van der Waals surface area contributed by atoms with E-state index in [1.807, 2.05) is 12.1 Å². The molecule has 1 aromatic rings. The summed E-state index contributed by atoms with van der Waals surface area (Å²) in [4.78, 5) is 20.1. The molecule has 1 aromatic heterocycles. The second-order valence-corrected chi connectivity index (χ2v) is 6.41. The second-order valence-electron chi connectivity index (χ2n) is 6.41. The molecule has 1 aliphatic rings. The van der Waals surface area contributed by atoms with Gasteiger partial charge >= 0.3 is 0 Å². The lowest BCUT2D eigenvalue weighted by Crippen LogP contribution is -2.53. The van der Waals surface area contributed by atoms with E-state index in [-0.39, 0.29) is 5.91 Å². The first kappa shape index (κ1) is 16.7. The molecule has 0 bridgehead atoms. The predicted octanol–water partition coefficient (Wildman–Crippen LogP) is -0.594. The smallest absolute Gasteiger partial charge is 0.242 e. The van der Waals surface area contributed by atoms with Crippen LogP contribution >= 0.6 is 0 Å². The monoisotopic (exact) mass is 307 g/mol. The summed E-state index contributed by atoms with van der Waals surface area (Å²) < 4.78 is 0. The maximum Gasteiger partial charge on any atom is 0.242 e. The van der Waals surface area contributed by atoms with Gasteiger partial charge in [-0.15, -0.1) is 0 Å². The third kappa shape index (κ3) is 4.16. The molecule has 7 heteroatoms. The molecular weight excluding hydrogens is 282 g/mol. The van der Waals surface area contributed by atoms with Crippen LogP contribution in [0, 0.1) is 0 Å². The van der Waals surface area contributed by atoms with Crippen LogP contribution in [0.3, 0.4) is 0 Å². The summed E-state index contributed by atoms with van der Waals surface area (Å²) in [5.74, 6) is 0.353. The van der Waals surface area contributed by atoms with Crippen LogP contribution in [-0.4, -0.2) is 63.6 Å². The number of carbonyl (C=O) groups is 1. The minimum absolute atomic E-state index is 0.144. The SMILES string of the molecule is CC(C)(N)C(=O)N1CCN(Cc2cccnc2N)C[C@H](O)C1. The highest BCUT2D eigenvalue weighted by Crippen LogP contribution is 2.14. The molecule has 1 aliphatic heterocycles. The van der Waals surface area contributed by atoms with Crippen molar-refractivity contribution in [2.45, 2.75) is 32.0 Å². The Kier molecular flexibility index (Phi) is 5.00. The van der Waals surface area contributed by atoms with Crippen LogP contribution in [-0.2, 0) is 11.3 Å². The molecule has 2 heterocycles. The molecule has 1 amide bonds. The molecule has 1 saturated heterocycles. The molecular formula is C15H25N5O2. The van der Waals surface area contributed by atoms with E-state index in [9.17, 15) is 9.90 Å². The molecule has 7 nitrogen and oxygen atoms in total. The zero-order chi connectivity index (χ0) is 16.3. The summed E-state index contributed by atoms with van der Waals surface area (Å²) in [6.07, 6.45) is 1.05. The molecule has 0 unspecified atom stereocenters. The van der Waals surface area contributed by atoms with Crippen molar-refractivity contribution in [2.75, 3.05) is 31.9 Å². The standard InChI is InChI=1S/C15H25N5O2/c1-15(2,17)14(22)20-7-6-19(9-12(21)10-20)8-11-4-3-5-18-13(11)16/h3-5,12,21H,6-10,17H2,1-2H3,(H2,16,18)/t12-/m0/s1. The first-order valence-electron chi connectivity index (χ1n) is 7.45. The second kappa shape index (κ2) is 6.60. The molecule has 0 saturated carbocycles. The van der Waals surface area contributed by atoms with Gasteiger partial charge in [0.15, 0.2) is 0 Å². The number of aliphatic hydroxyl groups excluding tert-OH is 1. The molecule has 5 N–H and O–H groups in total. The van der Waals surface area contributed by atoms with Crippen molar-refractivity contribution < 1.29 is 9.90 Å². The largest absolute Gasteiger partial charge is 0.390 e. The number of anilines is 1. The van der Waals surface area contributed by atoms with E-state index in [0.29, 0.717) is 38.5 Å². The summed E-state index contributed by atoms with van der Waals surface area (Å²) in [5, 5.41) is 10.2. The molecule has 0 radical (unpaired) electrons. The molecule has 0 aliphatic carbocycles. The number of nitrogens with two attached hydrogens (primary N) is 2. The lowest BCUT2D eigenvalue weighted by Gasteiger charge is -2.28. The zero-order valence-electron chi connectivity index (χ0n) is 13.2. The van der Waals surface area contributed by atoms with E-state index < -0.39 is 11.6 Å². The summed E-state index contributed by atoms with van der Waals surface area (Å²) in [7, 11) is 0. The topological polar surface area (TPSA) is 109 Å². The van der Waals surface area contributed by atoms with Crippen molar-refractivity contribution in [1.82, 2.24) is 14.8 Å². The Hall–Kier alpha value is -1.70. The van der Waals surface area contributed by atoms with Crippen LogP contribution in [0.15, 0.2) is 18.3 Å². The van der Waals surface area contributed by atoms with Crippen LogP contribution in [0.2, 0.25) is 0 Å². The third-order valence-corrected chi connectivity index (χ3v) is 3.74. The maximum absolute atomic E-state index is 12.3. The minimum Gasteiger partial charge on any atom is -0.390 e. The van der Waals surface area contributed by atoms with E-state index in [1.165, 1.54) is 0 Å².